The van der Waals surface area contributed by atoms with Gasteiger partial charge in [-0.2, -0.15) is 0 Å². The monoisotopic (exact) mass is 755 g/mol. The summed E-state index contributed by atoms with van der Waals surface area (Å²) in [5, 5.41) is 4.60. The predicted molar refractivity (Wildman–Crippen MR) is 240 cm³/mol. The van der Waals surface area contributed by atoms with E-state index >= 15 is 0 Å². The van der Waals surface area contributed by atoms with Crippen molar-refractivity contribution in [2.45, 2.75) is 0 Å². The summed E-state index contributed by atoms with van der Waals surface area (Å²) in [6.07, 6.45) is 2.17. The lowest BCUT2D eigenvalue weighted by Gasteiger charge is -2.13. The molecule has 0 N–H and O–H groups in total. The highest BCUT2D eigenvalue weighted by Gasteiger charge is 2.24. The number of hydrogen-bond acceptors (Lipinski definition) is 4. The predicted octanol–water partition coefficient (Wildman–Crippen LogP) is 13.5. The number of hydrogen-bond donors (Lipinski definition) is 0. The highest BCUT2D eigenvalue weighted by atomic mass is 16.3. The fourth-order valence-electron chi connectivity index (χ4n) is 8.68. The topological polar surface area (TPSA) is 61.2 Å². The highest BCUT2D eigenvalue weighted by Crippen LogP contribution is 2.44. The Morgan fingerprint density at radius 2 is 0.949 bits per heavy atom. The SMILES string of the molecule is c1ccc(-c2nc(-c3ccccc3)nc(-c3cccc(-n4c5ccc(-c6ccc7oc8ccccc8c7c6)cc5c5c4c(-c4ccccc4)n4ccccc54)c3)n2)cc1. The number of para-hydroxylation sites is 1. The molecule has 5 heterocycles. The molecule has 0 spiro atoms. The first-order chi connectivity index (χ1) is 29.2. The summed E-state index contributed by atoms with van der Waals surface area (Å²) in [6, 6.07) is 67.6. The average Bonchev–Trinajstić information content (AvgIpc) is 3.97. The summed E-state index contributed by atoms with van der Waals surface area (Å²) in [7, 11) is 0. The lowest BCUT2D eigenvalue weighted by molar-refractivity contribution is 0.669. The molecule has 0 atom stereocenters. The van der Waals surface area contributed by atoms with Crippen molar-refractivity contribution in [3.8, 4) is 62.2 Å². The van der Waals surface area contributed by atoms with Crippen LogP contribution in [0.15, 0.2) is 205 Å². The van der Waals surface area contributed by atoms with Crippen LogP contribution in [-0.2, 0) is 0 Å². The third kappa shape index (κ3) is 5.38. The van der Waals surface area contributed by atoms with Crippen LogP contribution in [-0.4, -0.2) is 23.9 Å². The van der Waals surface area contributed by atoms with Gasteiger partial charge in [0.15, 0.2) is 17.5 Å². The molecule has 0 amide bonds. The Morgan fingerprint density at radius 1 is 0.373 bits per heavy atom. The fourth-order valence-corrected chi connectivity index (χ4v) is 8.68. The molecule has 0 aliphatic rings. The molecule has 0 aliphatic heterocycles. The Bertz CT molecular complexity index is 3490. The average molecular weight is 756 g/mol. The Balaban J connectivity index is 1.11. The second-order valence-electron chi connectivity index (χ2n) is 14.9. The summed E-state index contributed by atoms with van der Waals surface area (Å²) >= 11 is 0. The lowest BCUT2D eigenvalue weighted by Crippen LogP contribution is -2.01. The quantitative estimate of drug-likeness (QED) is 0.170. The van der Waals surface area contributed by atoms with Gasteiger partial charge in [0, 0.05) is 55.7 Å². The first-order valence-electron chi connectivity index (χ1n) is 19.8. The van der Waals surface area contributed by atoms with E-state index in [0.29, 0.717) is 17.5 Å². The maximum Gasteiger partial charge on any atom is 0.164 e. The number of nitrogens with zero attached hydrogens (tertiary/aromatic N) is 5. The summed E-state index contributed by atoms with van der Waals surface area (Å²) in [5.74, 6) is 1.88. The van der Waals surface area contributed by atoms with Crippen LogP contribution in [0.3, 0.4) is 0 Å². The van der Waals surface area contributed by atoms with Crippen molar-refractivity contribution >= 4 is 49.3 Å². The summed E-state index contributed by atoms with van der Waals surface area (Å²) in [5.41, 5.74) is 13.5. The largest absolute Gasteiger partial charge is 0.456 e. The molecule has 5 aromatic heterocycles. The van der Waals surface area contributed by atoms with Crippen molar-refractivity contribution in [1.29, 1.82) is 0 Å². The van der Waals surface area contributed by atoms with E-state index < -0.39 is 0 Å². The van der Waals surface area contributed by atoms with Gasteiger partial charge in [-0.25, -0.2) is 15.0 Å². The van der Waals surface area contributed by atoms with Crippen molar-refractivity contribution in [2.75, 3.05) is 0 Å². The van der Waals surface area contributed by atoms with Crippen LogP contribution < -0.4 is 0 Å². The van der Waals surface area contributed by atoms with Crippen LogP contribution in [0.2, 0.25) is 0 Å². The molecule has 0 saturated heterocycles. The number of aromatic nitrogens is 5. The van der Waals surface area contributed by atoms with Gasteiger partial charge in [0.05, 0.1) is 22.2 Å². The lowest BCUT2D eigenvalue weighted by atomic mass is 10.0. The molecule has 0 aliphatic carbocycles. The van der Waals surface area contributed by atoms with E-state index in [-0.39, 0.29) is 0 Å². The molecule has 0 fully saturated rings. The van der Waals surface area contributed by atoms with Gasteiger partial charge in [0.25, 0.3) is 0 Å². The fraction of sp³-hybridized carbons (Fsp3) is 0. The standard InChI is InChI=1S/C53H33N5O/c1-4-15-34(16-5-1)49-50-48(45-24-12-13-30-57(45)49)43-33-37(38-27-29-47-42(32-38)41-23-10-11-25-46(41)59-47)26-28-44(43)58(50)40-22-14-21-39(31-40)53-55-51(35-17-6-2-7-18-35)54-52(56-53)36-19-8-3-9-20-36/h1-33H. The van der Waals surface area contributed by atoms with Crippen LogP contribution in [0.4, 0.5) is 0 Å². The van der Waals surface area contributed by atoms with Crippen LogP contribution >= 0.6 is 0 Å². The van der Waals surface area contributed by atoms with Gasteiger partial charge in [-0.05, 0) is 65.7 Å². The zero-order chi connectivity index (χ0) is 38.9. The molecule has 276 valence electrons. The van der Waals surface area contributed by atoms with Gasteiger partial charge in [-0.1, -0.05) is 140 Å². The van der Waals surface area contributed by atoms with Crippen molar-refractivity contribution in [3.63, 3.8) is 0 Å². The van der Waals surface area contributed by atoms with Crippen LogP contribution in [0.25, 0.3) is 111 Å². The number of fused-ring (bicyclic) bond motifs is 8. The molecule has 7 aromatic carbocycles. The molecule has 6 nitrogen and oxygen atoms in total. The Labute approximate surface area is 338 Å². The zero-order valence-electron chi connectivity index (χ0n) is 31.7. The molecule has 0 radical (unpaired) electrons. The van der Waals surface area contributed by atoms with E-state index in [9.17, 15) is 0 Å². The zero-order valence-corrected chi connectivity index (χ0v) is 31.7. The molecule has 12 aromatic rings. The molecule has 6 heteroatoms. The van der Waals surface area contributed by atoms with Gasteiger partial charge < -0.3 is 13.4 Å². The van der Waals surface area contributed by atoms with E-state index in [1.54, 1.807) is 0 Å². The number of furan rings is 1. The number of pyridine rings is 1. The van der Waals surface area contributed by atoms with Gasteiger partial charge in [0.2, 0.25) is 0 Å². The van der Waals surface area contributed by atoms with Gasteiger partial charge in [-0.3, -0.25) is 0 Å². The van der Waals surface area contributed by atoms with Crippen molar-refractivity contribution in [2.24, 2.45) is 0 Å². The molecular weight excluding hydrogens is 723 g/mol. The smallest absolute Gasteiger partial charge is 0.164 e. The third-order valence-corrected chi connectivity index (χ3v) is 11.4. The summed E-state index contributed by atoms with van der Waals surface area (Å²) in [6.45, 7) is 0. The van der Waals surface area contributed by atoms with Gasteiger partial charge >= 0.3 is 0 Å². The Hall–Kier alpha value is -8.09. The number of benzene rings is 7. The third-order valence-electron chi connectivity index (χ3n) is 11.4. The molecule has 0 saturated carbocycles. The first kappa shape index (κ1) is 33.1. The van der Waals surface area contributed by atoms with E-state index in [2.05, 4.69) is 136 Å². The van der Waals surface area contributed by atoms with Crippen molar-refractivity contribution in [3.05, 3.63) is 200 Å². The second kappa shape index (κ2) is 13.3. The normalized spacial score (nSPS) is 11.7. The molecule has 12 rings (SSSR count). The van der Waals surface area contributed by atoms with Gasteiger partial charge in [0.1, 0.15) is 11.2 Å². The van der Waals surface area contributed by atoms with E-state index in [4.69, 9.17) is 19.4 Å². The Kier molecular flexibility index (Phi) is 7.43. The van der Waals surface area contributed by atoms with Crippen LogP contribution in [0.5, 0.6) is 0 Å². The van der Waals surface area contributed by atoms with Crippen molar-refractivity contribution in [1.82, 2.24) is 23.9 Å². The van der Waals surface area contributed by atoms with Gasteiger partial charge in [-0.15, -0.1) is 0 Å². The highest BCUT2D eigenvalue weighted by molar-refractivity contribution is 6.22. The summed E-state index contributed by atoms with van der Waals surface area (Å²) in [4.78, 5) is 15.1. The first-order valence-corrected chi connectivity index (χ1v) is 19.8. The van der Waals surface area contributed by atoms with E-state index in [0.717, 1.165) is 83.3 Å². The minimum atomic E-state index is 0.613. The minimum absolute atomic E-state index is 0.613. The second-order valence-corrected chi connectivity index (χ2v) is 14.9. The van der Waals surface area contributed by atoms with Crippen LogP contribution in [0, 0.1) is 0 Å². The molecular formula is C53H33N5O. The van der Waals surface area contributed by atoms with E-state index in [1.165, 1.54) is 10.8 Å². The maximum absolute atomic E-state index is 6.20. The van der Waals surface area contributed by atoms with Crippen LogP contribution in [0.1, 0.15) is 0 Å². The maximum atomic E-state index is 6.20. The minimum Gasteiger partial charge on any atom is -0.456 e. The Morgan fingerprint density at radius 3 is 1.68 bits per heavy atom. The summed E-state index contributed by atoms with van der Waals surface area (Å²) < 4.78 is 10.9. The molecule has 0 unspecified atom stereocenters. The molecule has 59 heavy (non-hydrogen) atoms. The van der Waals surface area contributed by atoms with Crippen molar-refractivity contribution < 1.29 is 4.42 Å². The number of rotatable bonds is 6. The van der Waals surface area contributed by atoms with E-state index in [1.807, 2.05) is 72.8 Å². The molecule has 0 bridgehead atoms.